The second-order valence-electron chi connectivity index (χ2n) is 6.87. The summed E-state index contributed by atoms with van der Waals surface area (Å²) in [6, 6.07) is 15.2. The van der Waals surface area contributed by atoms with E-state index in [9.17, 15) is 9.90 Å². The van der Waals surface area contributed by atoms with Gasteiger partial charge in [-0.1, -0.05) is 41.7 Å². The predicted molar refractivity (Wildman–Crippen MR) is 105 cm³/mol. The zero-order chi connectivity index (χ0) is 18.5. The Bertz CT molecular complexity index is 1160. The summed E-state index contributed by atoms with van der Waals surface area (Å²) in [5.41, 5.74) is 4.08. The molecule has 1 N–H and O–H groups in total. The Labute approximate surface area is 159 Å². The van der Waals surface area contributed by atoms with Crippen LogP contribution in [0.25, 0.3) is 15.3 Å². The van der Waals surface area contributed by atoms with Crippen molar-refractivity contribution >= 4 is 27.3 Å². The molecular weight excluding hydrogens is 358 g/mol. The normalized spacial score (nSPS) is 16.6. The van der Waals surface area contributed by atoms with E-state index in [-0.39, 0.29) is 17.5 Å². The zero-order valence-corrected chi connectivity index (χ0v) is 15.5. The Kier molecular flexibility index (Phi) is 3.62. The second-order valence-corrected chi connectivity index (χ2v) is 7.88. The average Bonchev–Trinajstić information content (AvgIpc) is 3.23. The molecule has 0 saturated heterocycles. The number of aryl methyl sites for hydroxylation is 1. The number of para-hydroxylation sites is 2. The van der Waals surface area contributed by atoms with Gasteiger partial charge in [-0.2, -0.15) is 5.10 Å². The molecule has 2 heterocycles. The molecule has 2 aromatic heterocycles. The minimum atomic E-state index is -0.0598. The monoisotopic (exact) mass is 375 g/mol. The van der Waals surface area contributed by atoms with Crippen molar-refractivity contribution in [1.29, 1.82) is 0 Å². The number of aromatic nitrogens is 3. The minimum Gasteiger partial charge on any atom is -0.508 e. The zero-order valence-electron chi connectivity index (χ0n) is 14.7. The lowest BCUT2D eigenvalue weighted by Crippen LogP contribution is -2.20. The summed E-state index contributed by atoms with van der Waals surface area (Å²) in [5.74, 6) is 0.256. The number of phenols is 1. The van der Waals surface area contributed by atoms with Crippen LogP contribution in [0.4, 0.5) is 0 Å². The lowest BCUT2D eigenvalue weighted by molar-refractivity contribution is 0.0963. The van der Waals surface area contributed by atoms with E-state index in [1.807, 2.05) is 48.0 Å². The van der Waals surface area contributed by atoms with Gasteiger partial charge in [-0.05, 0) is 37.1 Å². The standard InChI is InChI=1S/C21H17N3O2S/c1-12-20-16(10-13(11-18(20)26)14-6-2-4-8-17(14)25)24(23-12)21-22-15-7-3-5-9-19(15)27-21/h2-9,13,25H,10-11H2,1H3/t13-/m1/s1. The van der Waals surface area contributed by atoms with Crippen LogP contribution in [0.1, 0.15) is 39.6 Å². The van der Waals surface area contributed by atoms with E-state index >= 15 is 0 Å². The molecule has 1 aliphatic carbocycles. The summed E-state index contributed by atoms with van der Waals surface area (Å²) in [6.45, 7) is 1.88. The van der Waals surface area contributed by atoms with Gasteiger partial charge in [0.15, 0.2) is 5.78 Å². The van der Waals surface area contributed by atoms with E-state index in [4.69, 9.17) is 4.98 Å². The van der Waals surface area contributed by atoms with Crippen molar-refractivity contribution in [3.63, 3.8) is 0 Å². The first kappa shape index (κ1) is 16.2. The topological polar surface area (TPSA) is 68.0 Å². The van der Waals surface area contributed by atoms with Gasteiger partial charge in [0.05, 0.1) is 27.2 Å². The predicted octanol–water partition coefficient (Wildman–Crippen LogP) is 4.41. The van der Waals surface area contributed by atoms with E-state index in [1.54, 1.807) is 23.5 Å². The van der Waals surface area contributed by atoms with Crippen LogP contribution in [0.5, 0.6) is 5.75 Å². The Morgan fingerprint density at radius 2 is 1.89 bits per heavy atom. The van der Waals surface area contributed by atoms with E-state index in [1.165, 1.54) is 0 Å². The number of Topliss-reactive ketones (excluding diaryl/α,β-unsaturated/α-hetero) is 1. The minimum absolute atomic E-state index is 0.0598. The van der Waals surface area contributed by atoms with Gasteiger partial charge in [0.1, 0.15) is 5.75 Å². The number of aromatic hydroxyl groups is 1. The highest BCUT2D eigenvalue weighted by Crippen LogP contribution is 2.38. The quantitative estimate of drug-likeness (QED) is 0.563. The highest BCUT2D eigenvalue weighted by atomic mass is 32.1. The van der Waals surface area contributed by atoms with Crippen LogP contribution in [0.2, 0.25) is 0 Å². The van der Waals surface area contributed by atoms with Crippen molar-refractivity contribution in [3.05, 3.63) is 71.0 Å². The average molecular weight is 375 g/mol. The van der Waals surface area contributed by atoms with Crippen LogP contribution in [0.3, 0.4) is 0 Å². The number of benzene rings is 2. The lowest BCUT2D eigenvalue weighted by atomic mass is 9.81. The largest absolute Gasteiger partial charge is 0.508 e. The molecule has 0 radical (unpaired) electrons. The molecule has 5 nitrogen and oxygen atoms in total. The summed E-state index contributed by atoms with van der Waals surface area (Å²) in [5, 5.41) is 15.6. The molecule has 0 amide bonds. The van der Waals surface area contributed by atoms with Gasteiger partial charge in [-0.3, -0.25) is 4.79 Å². The summed E-state index contributed by atoms with van der Waals surface area (Å²) in [6.07, 6.45) is 1.03. The Balaban J connectivity index is 1.64. The molecule has 1 atom stereocenters. The number of nitrogens with zero attached hydrogens (tertiary/aromatic N) is 3. The number of ketones is 1. The molecule has 0 saturated carbocycles. The summed E-state index contributed by atoms with van der Waals surface area (Å²) >= 11 is 1.57. The van der Waals surface area contributed by atoms with E-state index in [0.29, 0.717) is 18.4 Å². The van der Waals surface area contributed by atoms with Gasteiger partial charge >= 0.3 is 0 Å². The van der Waals surface area contributed by atoms with Crippen LogP contribution in [-0.2, 0) is 6.42 Å². The van der Waals surface area contributed by atoms with Gasteiger partial charge < -0.3 is 5.11 Å². The molecule has 1 aliphatic rings. The van der Waals surface area contributed by atoms with Gasteiger partial charge in [0, 0.05) is 12.3 Å². The molecule has 0 aliphatic heterocycles. The molecule has 134 valence electrons. The van der Waals surface area contributed by atoms with Gasteiger partial charge in [0.25, 0.3) is 0 Å². The molecule has 6 heteroatoms. The molecule has 5 rings (SSSR count). The Morgan fingerprint density at radius 1 is 1.11 bits per heavy atom. The van der Waals surface area contributed by atoms with Crippen molar-refractivity contribution in [2.45, 2.75) is 25.7 Å². The van der Waals surface area contributed by atoms with E-state index in [0.717, 1.165) is 32.3 Å². The molecule has 4 aromatic rings. The third-order valence-corrected chi connectivity index (χ3v) is 6.16. The Hall–Kier alpha value is -2.99. The third kappa shape index (κ3) is 2.56. The number of thiazole rings is 1. The molecule has 27 heavy (non-hydrogen) atoms. The highest BCUT2D eigenvalue weighted by molar-refractivity contribution is 7.20. The van der Waals surface area contributed by atoms with Gasteiger partial charge in [-0.25, -0.2) is 9.67 Å². The fraction of sp³-hybridized carbons (Fsp3) is 0.190. The van der Waals surface area contributed by atoms with Crippen LogP contribution in [-0.4, -0.2) is 25.7 Å². The fourth-order valence-corrected chi connectivity index (χ4v) is 4.86. The van der Waals surface area contributed by atoms with Crippen molar-refractivity contribution in [1.82, 2.24) is 14.8 Å². The number of rotatable bonds is 2. The molecule has 0 bridgehead atoms. The first-order valence-corrected chi connectivity index (χ1v) is 9.69. The number of hydrogen-bond acceptors (Lipinski definition) is 5. The number of carbonyl (C=O) groups is 1. The van der Waals surface area contributed by atoms with E-state index in [2.05, 4.69) is 5.10 Å². The molecule has 0 unspecified atom stereocenters. The van der Waals surface area contributed by atoms with Crippen LogP contribution in [0.15, 0.2) is 48.5 Å². The second kappa shape index (κ2) is 6.03. The van der Waals surface area contributed by atoms with Crippen LogP contribution in [0, 0.1) is 6.92 Å². The van der Waals surface area contributed by atoms with Gasteiger partial charge in [-0.15, -0.1) is 0 Å². The maximum atomic E-state index is 12.9. The van der Waals surface area contributed by atoms with Crippen molar-refractivity contribution in [2.75, 3.05) is 0 Å². The number of carbonyl (C=O) groups excluding carboxylic acids is 1. The Morgan fingerprint density at radius 3 is 2.70 bits per heavy atom. The van der Waals surface area contributed by atoms with Crippen LogP contribution >= 0.6 is 11.3 Å². The number of phenolic OH excluding ortho intramolecular Hbond substituents is 1. The summed E-state index contributed by atoms with van der Waals surface area (Å²) < 4.78 is 2.91. The van der Waals surface area contributed by atoms with Crippen molar-refractivity contribution in [3.8, 4) is 10.9 Å². The fourth-order valence-electron chi connectivity index (χ4n) is 3.92. The highest BCUT2D eigenvalue weighted by Gasteiger charge is 2.33. The molecule has 2 aromatic carbocycles. The van der Waals surface area contributed by atoms with Crippen LogP contribution < -0.4 is 0 Å². The first-order valence-electron chi connectivity index (χ1n) is 8.87. The third-order valence-electron chi connectivity index (χ3n) is 5.15. The molecule has 0 fully saturated rings. The summed E-state index contributed by atoms with van der Waals surface area (Å²) in [4.78, 5) is 17.6. The maximum absolute atomic E-state index is 12.9. The smallest absolute Gasteiger partial charge is 0.211 e. The van der Waals surface area contributed by atoms with Crippen molar-refractivity contribution in [2.24, 2.45) is 0 Å². The SMILES string of the molecule is Cc1nn(-c2nc3ccccc3s2)c2c1C(=O)C[C@H](c1ccccc1O)C2. The summed E-state index contributed by atoms with van der Waals surface area (Å²) in [7, 11) is 0. The van der Waals surface area contributed by atoms with Crippen molar-refractivity contribution < 1.29 is 9.90 Å². The maximum Gasteiger partial charge on any atom is 0.211 e. The molecule has 0 spiro atoms. The molecular formula is C21H17N3O2S. The number of hydrogen-bond donors (Lipinski definition) is 1. The number of fused-ring (bicyclic) bond motifs is 2. The van der Waals surface area contributed by atoms with Gasteiger partial charge in [0.2, 0.25) is 5.13 Å². The lowest BCUT2D eigenvalue weighted by Gasteiger charge is -2.23. The van der Waals surface area contributed by atoms with E-state index < -0.39 is 0 Å². The first-order chi connectivity index (χ1) is 13.1.